The summed E-state index contributed by atoms with van der Waals surface area (Å²) in [5.74, 6) is -1.20. The highest BCUT2D eigenvalue weighted by Gasteiger charge is 2.15. The van der Waals surface area contributed by atoms with Crippen LogP contribution in [0.15, 0.2) is 42.5 Å². The summed E-state index contributed by atoms with van der Waals surface area (Å²) in [7, 11) is 1.63. The van der Waals surface area contributed by atoms with Gasteiger partial charge in [0.2, 0.25) is 0 Å². The van der Waals surface area contributed by atoms with Crippen LogP contribution in [0.25, 0.3) is 0 Å². The predicted octanol–water partition coefficient (Wildman–Crippen LogP) is 3.62. The van der Waals surface area contributed by atoms with Crippen LogP contribution in [-0.4, -0.2) is 24.0 Å². The molecule has 0 atom stereocenters. The number of nitrogens with zero attached hydrogens (tertiary/aromatic N) is 1. The molecule has 5 heteroatoms. The summed E-state index contributed by atoms with van der Waals surface area (Å²) < 4.78 is 0. The van der Waals surface area contributed by atoms with E-state index in [1.807, 2.05) is 6.92 Å². The molecule has 0 bridgehead atoms. The first-order chi connectivity index (χ1) is 9.88. The Balaban J connectivity index is 2.28. The number of aryl methyl sites for hydroxylation is 1. The fraction of sp³-hybridized carbons (Fsp3) is 0.125. The van der Waals surface area contributed by atoms with Gasteiger partial charge in [-0.05, 0) is 55.0 Å². The number of halogens is 1. The molecule has 2 rings (SSSR count). The van der Waals surface area contributed by atoms with E-state index >= 15 is 0 Å². The van der Waals surface area contributed by atoms with Gasteiger partial charge in [0.05, 0.1) is 5.56 Å². The van der Waals surface area contributed by atoms with Crippen LogP contribution in [0.4, 0.5) is 5.69 Å². The largest absolute Gasteiger partial charge is 0.478 e. The van der Waals surface area contributed by atoms with Gasteiger partial charge in [0.15, 0.2) is 0 Å². The summed E-state index contributed by atoms with van der Waals surface area (Å²) in [4.78, 5) is 24.7. The molecule has 1 N–H and O–H groups in total. The van der Waals surface area contributed by atoms with Crippen molar-refractivity contribution < 1.29 is 14.7 Å². The fourth-order valence-corrected chi connectivity index (χ4v) is 2.29. The van der Waals surface area contributed by atoms with Gasteiger partial charge in [-0.3, -0.25) is 4.79 Å². The zero-order valence-electron chi connectivity index (χ0n) is 11.6. The molecule has 0 aromatic heterocycles. The van der Waals surface area contributed by atoms with E-state index < -0.39 is 5.97 Å². The van der Waals surface area contributed by atoms with E-state index in [2.05, 4.69) is 0 Å². The maximum atomic E-state index is 12.4. The molecular weight excluding hydrogens is 290 g/mol. The maximum absolute atomic E-state index is 12.4. The van der Waals surface area contributed by atoms with Crippen molar-refractivity contribution in [3.63, 3.8) is 0 Å². The quantitative estimate of drug-likeness (QED) is 0.942. The minimum Gasteiger partial charge on any atom is -0.478 e. The Morgan fingerprint density at radius 3 is 2.19 bits per heavy atom. The standard InChI is InChI=1S/C16H14ClNO3/c1-10-7-12(9-13(17)8-10)15(19)18(2)14-5-3-11(4-6-14)16(20)21/h3-9H,1-2H3,(H,20,21). The van der Waals surface area contributed by atoms with Crippen LogP contribution in [0.1, 0.15) is 26.3 Å². The molecule has 108 valence electrons. The van der Waals surface area contributed by atoms with Crippen molar-refractivity contribution in [1.82, 2.24) is 0 Å². The zero-order valence-corrected chi connectivity index (χ0v) is 12.4. The molecule has 0 radical (unpaired) electrons. The molecule has 0 saturated carbocycles. The molecule has 2 aromatic rings. The third-order valence-electron chi connectivity index (χ3n) is 3.10. The smallest absolute Gasteiger partial charge is 0.335 e. The molecule has 0 heterocycles. The number of amides is 1. The molecule has 4 nitrogen and oxygen atoms in total. The summed E-state index contributed by atoms with van der Waals surface area (Å²) >= 11 is 5.96. The van der Waals surface area contributed by atoms with E-state index in [0.29, 0.717) is 16.3 Å². The van der Waals surface area contributed by atoms with Crippen LogP contribution in [0, 0.1) is 6.92 Å². The highest BCUT2D eigenvalue weighted by molar-refractivity contribution is 6.31. The van der Waals surface area contributed by atoms with Crippen molar-refractivity contribution in [2.75, 3.05) is 11.9 Å². The second kappa shape index (κ2) is 5.97. The molecule has 0 aliphatic carbocycles. The molecule has 1 amide bonds. The normalized spacial score (nSPS) is 10.2. The lowest BCUT2D eigenvalue weighted by Gasteiger charge is -2.18. The van der Waals surface area contributed by atoms with Crippen LogP contribution in [0.5, 0.6) is 0 Å². The molecule has 0 unspecified atom stereocenters. The summed E-state index contributed by atoms with van der Waals surface area (Å²) in [6, 6.07) is 11.3. The molecule has 0 spiro atoms. The Kier molecular flexibility index (Phi) is 4.29. The number of carboxylic acids is 1. The Morgan fingerprint density at radius 1 is 1.05 bits per heavy atom. The minimum atomic E-state index is -0.999. The van der Waals surface area contributed by atoms with Crippen LogP contribution < -0.4 is 4.90 Å². The molecule has 0 aliphatic heterocycles. The van der Waals surface area contributed by atoms with Gasteiger partial charge >= 0.3 is 5.97 Å². The van der Waals surface area contributed by atoms with Gasteiger partial charge in [-0.1, -0.05) is 11.6 Å². The van der Waals surface area contributed by atoms with Gasteiger partial charge in [-0.15, -0.1) is 0 Å². The second-order valence-electron chi connectivity index (χ2n) is 4.73. The molecule has 0 fully saturated rings. The van der Waals surface area contributed by atoms with E-state index in [1.54, 1.807) is 37.4 Å². The van der Waals surface area contributed by atoms with Crippen molar-refractivity contribution in [3.8, 4) is 0 Å². The van der Waals surface area contributed by atoms with E-state index in [-0.39, 0.29) is 11.5 Å². The van der Waals surface area contributed by atoms with Gasteiger partial charge in [-0.2, -0.15) is 0 Å². The van der Waals surface area contributed by atoms with Gasteiger partial charge in [-0.25, -0.2) is 4.79 Å². The van der Waals surface area contributed by atoms with Crippen molar-refractivity contribution in [1.29, 1.82) is 0 Å². The predicted molar refractivity (Wildman–Crippen MR) is 82.3 cm³/mol. The Labute approximate surface area is 127 Å². The van der Waals surface area contributed by atoms with Gasteiger partial charge in [0.1, 0.15) is 0 Å². The molecule has 2 aromatic carbocycles. The topological polar surface area (TPSA) is 57.6 Å². The highest BCUT2D eigenvalue weighted by atomic mass is 35.5. The Hall–Kier alpha value is -2.33. The number of carboxylic acid groups (broad SMARTS) is 1. The number of hydrogen-bond donors (Lipinski definition) is 1. The van der Waals surface area contributed by atoms with Gasteiger partial charge < -0.3 is 10.0 Å². The summed E-state index contributed by atoms with van der Waals surface area (Å²) in [6.45, 7) is 1.87. The maximum Gasteiger partial charge on any atom is 0.335 e. The summed E-state index contributed by atoms with van der Waals surface area (Å²) in [6.07, 6.45) is 0. The van der Waals surface area contributed by atoms with Gasteiger partial charge in [0.25, 0.3) is 5.91 Å². The number of carbonyl (C=O) groups is 2. The lowest BCUT2D eigenvalue weighted by Crippen LogP contribution is -2.26. The van der Waals surface area contributed by atoms with E-state index in [0.717, 1.165) is 5.56 Å². The number of anilines is 1. The number of aromatic carboxylic acids is 1. The molecule has 21 heavy (non-hydrogen) atoms. The number of benzene rings is 2. The van der Waals surface area contributed by atoms with Crippen molar-refractivity contribution in [2.24, 2.45) is 0 Å². The Morgan fingerprint density at radius 2 is 1.67 bits per heavy atom. The van der Waals surface area contributed by atoms with Gasteiger partial charge in [0, 0.05) is 23.3 Å². The summed E-state index contributed by atoms with van der Waals surface area (Å²) in [5, 5.41) is 9.37. The lowest BCUT2D eigenvalue weighted by atomic mass is 10.1. The first-order valence-electron chi connectivity index (χ1n) is 6.27. The van der Waals surface area contributed by atoms with E-state index in [4.69, 9.17) is 16.7 Å². The molecule has 0 aliphatic rings. The minimum absolute atomic E-state index is 0.179. The highest BCUT2D eigenvalue weighted by Crippen LogP contribution is 2.20. The van der Waals surface area contributed by atoms with Crippen LogP contribution >= 0.6 is 11.6 Å². The van der Waals surface area contributed by atoms with Crippen molar-refractivity contribution in [2.45, 2.75) is 6.92 Å². The second-order valence-corrected chi connectivity index (χ2v) is 5.17. The monoisotopic (exact) mass is 303 g/mol. The Bertz CT molecular complexity index is 675. The number of carbonyl (C=O) groups excluding carboxylic acids is 1. The fourth-order valence-electron chi connectivity index (χ4n) is 2.00. The number of rotatable bonds is 3. The first kappa shape index (κ1) is 15.1. The van der Waals surface area contributed by atoms with Crippen LogP contribution in [0.3, 0.4) is 0 Å². The number of hydrogen-bond acceptors (Lipinski definition) is 2. The van der Waals surface area contributed by atoms with E-state index in [1.165, 1.54) is 17.0 Å². The molecule has 0 saturated heterocycles. The van der Waals surface area contributed by atoms with Crippen molar-refractivity contribution in [3.05, 3.63) is 64.2 Å². The third kappa shape index (κ3) is 3.41. The van der Waals surface area contributed by atoms with Crippen LogP contribution in [-0.2, 0) is 0 Å². The summed E-state index contributed by atoms with van der Waals surface area (Å²) in [5.41, 5.74) is 2.19. The first-order valence-corrected chi connectivity index (χ1v) is 6.65. The third-order valence-corrected chi connectivity index (χ3v) is 3.31. The lowest BCUT2D eigenvalue weighted by molar-refractivity contribution is 0.0696. The zero-order chi connectivity index (χ0) is 15.6. The van der Waals surface area contributed by atoms with Crippen molar-refractivity contribution >= 4 is 29.2 Å². The average molecular weight is 304 g/mol. The SMILES string of the molecule is Cc1cc(Cl)cc(C(=O)N(C)c2ccc(C(=O)O)cc2)c1. The van der Waals surface area contributed by atoms with Crippen LogP contribution in [0.2, 0.25) is 5.02 Å². The molecular formula is C16H14ClNO3. The average Bonchev–Trinajstić information content (AvgIpc) is 2.44. The van der Waals surface area contributed by atoms with E-state index in [9.17, 15) is 9.59 Å².